The average molecular weight is 304 g/mol. The van der Waals surface area contributed by atoms with Crippen molar-refractivity contribution in [2.45, 2.75) is 33.7 Å². The molecular weight excluding hydrogens is 284 g/mol. The second kappa shape index (κ2) is 7.40. The lowest BCUT2D eigenvalue weighted by Gasteiger charge is -2.11. The number of amides is 1. The van der Waals surface area contributed by atoms with Crippen LogP contribution < -0.4 is 5.32 Å². The van der Waals surface area contributed by atoms with E-state index in [0.29, 0.717) is 5.39 Å². The van der Waals surface area contributed by atoms with Gasteiger partial charge in [-0.05, 0) is 31.4 Å². The van der Waals surface area contributed by atoms with E-state index < -0.39 is 4.92 Å². The van der Waals surface area contributed by atoms with Crippen LogP contribution in [0.25, 0.3) is 10.8 Å². The van der Waals surface area contributed by atoms with Gasteiger partial charge in [0, 0.05) is 6.04 Å². The minimum atomic E-state index is -0.603. The summed E-state index contributed by atoms with van der Waals surface area (Å²) < 4.78 is 0. The second-order valence-electron chi connectivity index (χ2n) is 4.75. The van der Waals surface area contributed by atoms with Gasteiger partial charge in [0.05, 0.1) is 21.9 Å². The van der Waals surface area contributed by atoms with E-state index in [9.17, 15) is 20.0 Å². The zero-order valence-electron chi connectivity index (χ0n) is 13.1. The van der Waals surface area contributed by atoms with Crippen LogP contribution in [-0.2, 0) is 0 Å². The number of fused-ring (bicyclic) bond motifs is 1. The van der Waals surface area contributed by atoms with Gasteiger partial charge in [0.15, 0.2) is 0 Å². The normalized spacial score (nSPS) is 10.0. The first-order chi connectivity index (χ1) is 10.4. The largest absolute Gasteiger partial charge is 0.508 e. The molecule has 0 aliphatic rings. The van der Waals surface area contributed by atoms with Crippen LogP contribution in [0.15, 0.2) is 30.3 Å². The Labute approximate surface area is 128 Å². The van der Waals surface area contributed by atoms with E-state index in [1.54, 1.807) is 12.1 Å². The third kappa shape index (κ3) is 3.72. The average Bonchev–Trinajstić information content (AvgIpc) is 2.46. The molecule has 0 radical (unpaired) electrons. The Kier molecular flexibility index (Phi) is 5.86. The molecule has 118 valence electrons. The zero-order chi connectivity index (χ0) is 16.9. The van der Waals surface area contributed by atoms with Crippen molar-refractivity contribution in [3.8, 4) is 5.75 Å². The molecule has 1 amide bonds. The van der Waals surface area contributed by atoms with Crippen molar-refractivity contribution in [3.63, 3.8) is 0 Å². The summed E-state index contributed by atoms with van der Waals surface area (Å²) >= 11 is 0. The molecule has 0 unspecified atom stereocenters. The molecule has 0 saturated heterocycles. The number of phenols is 1. The first kappa shape index (κ1) is 17.4. The number of benzene rings is 2. The Morgan fingerprint density at radius 1 is 1.27 bits per heavy atom. The van der Waals surface area contributed by atoms with Crippen LogP contribution in [0.5, 0.6) is 5.75 Å². The van der Waals surface area contributed by atoms with Crippen molar-refractivity contribution in [2.75, 3.05) is 0 Å². The van der Waals surface area contributed by atoms with Gasteiger partial charge in [-0.2, -0.15) is 0 Å². The van der Waals surface area contributed by atoms with Crippen LogP contribution in [0.1, 0.15) is 38.1 Å². The van der Waals surface area contributed by atoms with Gasteiger partial charge in [-0.15, -0.1) is 0 Å². The van der Waals surface area contributed by atoms with E-state index >= 15 is 0 Å². The van der Waals surface area contributed by atoms with E-state index in [1.807, 2.05) is 27.7 Å². The molecule has 6 heteroatoms. The summed E-state index contributed by atoms with van der Waals surface area (Å²) in [5, 5.41) is 24.0. The predicted octanol–water partition coefficient (Wildman–Crippen LogP) is 3.62. The lowest BCUT2D eigenvalue weighted by molar-refractivity contribution is -0.383. The topological polar surface area (TPSA) is 92.5 Å². The Balaban J connectivity index is 0.00000116. The van der Waals surface area contributed by atoms with Crippen molar-refractivity contribution in [1.82, 2.24) is 5.32 Å². The van der Waals surface area contributed by atoms with Crippen LogP contribution in [0.3, 0.4) is 0 Å². The van der Waals surface area contributed by atoms with Gasteiger partial charge in [-0.25, -0.2) is 0 Å². The number of hydrogen-bond acceptors (Lipinski definition) is 4. The number of carbonyl (C=O) groups is 1. The number of nitrogens with zero attached hydrogens (tertiary/aromatic N) is 1. The second-order valence-corrected chi connectivity index (χ2v) is 4.75. The number of nitro groups is 1. The van der Waals surface area contributed by atoms with Crippen molar-refractivity contribution in [1.29, 1.82) is 0 Å². The number of phenolic OH excluding ortho intramolecular Hbond substituents is 1. The number of carbonyl (C=O) groups excluding carboxylic acids is 1. The van der Waals surface area contributed by atoms with Gasteiger partial charge < -0.3 is 10.4 Å². The fourth-order valence-electron chi connectivity index (χ4n) is 2.06. The van der Waals surface area contributed by atoms with Gasteiger partial charge in [-0.1, -0.05) is 26.0 Å². The first-order valence-corrected chi connectivity index (χ1v) is 7.11. The number of non-ortho nitro benzene ring substituents is 1. The standard InChI is InChI=1S/C14H14N2O4.C2H6/c1-8(2)15-14(18)11-5-3-4-9-6-10(17)7-12(13(9)11)16(19)20;1-2/h3-8,17H,1-2H3,(H,15,18);1-2H3. The minimum absolute atomic E-state index is 0.0751. The maximum atomic E-state index is 12.1. The zero-order valence-corrected chi connectivity index (χ0v) is 13.1. The number of nitro benzene ring substituents is 1. The highest BCUT2D eigenvalue weighted by atomic mass is 16.6. The summed E-state index contributed by atoms with van der Waals surface area (Å²) in [4.78, 5) is 22.7. The van der Waals surface area contributed by atoms with Crippen LogP contribution in [0.2, 0.25) is 0 Å². The summed E-state index contributed by atoms with van der Waals surface area (Å²) in [5.41, 5.74) is -0.0580. The van der Waals surface area contributed by atoms with Gasteiger partial charge in [0.1, 0.15) is 5.75 Å². The van der Waals surface area contributed by atoms with Gasteiger partial charge >= 0.3 is 0 Å². The molecule has 0 atom stereocenters. The highest BCUT2D eigenvalue weighted by molar-refractivity contribution is 6.10. The fourth-order valence-corrected chi connectivity index (χ4v) is 2.06. The van der Waals surface area contributed by atoms with Gasteiger partial charge in [0.2, 0.25) is 0 Å². The lowest BCUT2D eigenvalue weighted by atomic mass is 10.0. The summed E-state index contributed by atoms with van der Waals surface area (Å²) in [7, 11) is 0. The number of aromatic hydroxyl groups is 1. The van der Waals surface area contributed by atoms with Gasteiger partial charge in [0.25, 0.3) is 11.6 Å². The summed E-state index contributed by atoms with van der Waals surface area (Å²) in [5.74, 6) is -0.579. The number of hydrogen-bond donors (Lipinski definition) is 2. The Bertz CT molecular complexity index is 696. The van der Waals surface area contributed by atoms with E-state index in [0.717, 1.165) is 6.07 Å². The van der Waals surface area contributed by atoms with E-state index in [2.05, 4.69) is 5.32 Å². The number of rotatable bonds is 3. The SMILES string of the molecule is CC.CC(C)NC(=O)c1cccc2cc(O)cc([N+](=O)[O-])c12. The highest BCUT2D eigenvalue weighted by Crippen LogP contribution is 2.33. The summed E-state index contributed by atoms with van der Waals surface area (Å²) in [6, 6.07) is 7.15. The molecule has 22 heavy (non-hydrogen) atoms. The van der Waals surface area contributed by atoms with E-state index in [1.165, 1.54) is 12.1 Å². The molecule has 2 aromatic carbocycles. The number of nitrogens with one attached hydrogen (secondary N) is 1. The lowest BCUT2D eigenvalue weighted by Crippen LogP contribution is -2.30. The van der Waals surface area contributed by atoms with Crippen LogP contribution in [-0.4, -0.2) is 22.0 Å². The third-order valence-corrected chi connectivity index (χ3v) is 2.80. The maximum Gasteiger partial charge on any atom is 0.281 e. The quantitative estimate of drug-likeness (QED) is 0.669. The molecule has 0 aliphatic heterocycles. The molecule has 6 nitrogen and oxygen atoms in total. The minimum Gasteiger partial charge on any atom is -0.508 e. The molecule has 0 fully saturated rings. The smallest absolute Gasteiger partial charge is 0.281 e. The fraction of sp³-hybridized carbons (Fsp3) is 0.312. The first-order valence-electron chi connectivity index (χ1n) is 7.11. The molecule has 0 bridgehead atoms. The third-order valence-electron chi connectivity index (χ3n) is 2.80. The molecule has 2 aromatic rings. The molecule has 2 rings (SSSR count). The van der Waals surface area contributed by atoms with Crippen LogP contribution in [0.4, 0.5) is 5.69 Å². The Morgan fingerprint density at radius 3 is 2.45 bits per heavy atom. The molecule has 0 spiro atoms. The Morgan fingerprint density at radius 2 is 1.91 bits per heavy atom. The summed E-state index contributed by atoms with van der Waals surface area (Å²) in [6.45, 7) is 7.62. The van der Waals surface area contributed by atoms with Crippen molar-refractivity contribution in [2.24, 2.45) is 0 Å². The Hall–Kier alpha value is -2.63. The van der Waals surface area contributed by atoms with Crippen LogP contribution in [0, 0.1) is 10.1 Å². The molecule has 0 aromatic heterocycles. The summed E-state index contributed by atoms with van der Waals surface area (Å²) in [6.07, 6.45) is 0. The van der Waals surface area contributed by atoms with Gasteiger partial charge in [-0.3, -0.25) is 14.9 Å². The molecule has 0 heterocycles. The van der Waals surface area contributed by atoms with Crippen LogP contribution >= 0.6 is 0 Å². The molecule has 2 N–H and O–H groups in total. The predicted molar refractivity (Wildman–Crippen MR) is 86.2 cm³/mol. The maximum absolute atomic E-state index is 12.1. The molecular formula is C16H20N2O4. The van der Waals surface area contributed by atoms with Crippen molar-refractivity contribution < 1.29 is 14.8 Å². The van der Waals surface area contributed by atoms with E-state index in [-0.39, 0.29) is 34.3 Å². The van der Waals surface area contributed by atoms with Crippen molar-refractivity contribution >= 4 is 22.4 Å². The molecule has 0 saturated carbocycles. The monoisotopic (exact) mass is 304 g/mol. The van der Waals surface area contributed by atoms with Crippen molar-refractivity contribution in [3.05, 3.63) is 46.0 Å². The highest BCUT2D eigenvalue weighted by Gasteiger charge is 2.20. The van der Waals surface area contributed by atoms with E-state index in [4.69, 9.17) is 0 Å². The molecule has 0 aliphatic carbocycles.